The quantitative estimate of drug-likeness (QED) is 0.619. The average Bonchev–Trinajstić information content (AvgIpc) is 2.72. The van der Waals surface area contributed by atoms with Crippen LogP contribution < -0.4 is 10.1 Å². The predicted molar refractivity (Wildman–Crippen MR) is 120 cm³/mol. The summed E-state index contributed by atoms with van der Waals surface area (Å²) in [6, 6.07) is 11.2. The van der Waals surface area contributed by atoms with Crippen LogP contribution in [0.15, 0.2) is 42.5 Å². The van der Waals surface area contributed by atoms with E-state index in [2.05, 4.69) is 15.1 Å². The number of carbonyl (C=O) groups is 1. The molecule has 1 heterocycles. The Kier molecular flexibility index (Phi) is 8.51. The summed E-state index contributed by atoms with van der Waals surface area (Å²) in [5.74, 6) is -0.444. The Hall–Kier alpha value is -1.90. The number of rotatable bonds is 8. The molecule has 6 nitrogen and oxygen atoms in total. The summed E-state index contributed by atoms with van der Waals surface area (Å²) in [5, 5.41) is 14.0. The van der Waals surface area contributed by atoms with Crippen LogP contribution in [0.2, 0.25) is 10.0 Å². The topological polar surface area (TPSA) is 65.0 Å². The second-order valence-electron chi connectivity index (χ2n) is 7.65. The largest absolute Gasteiger partial charge is 0.488 e. The van der Waals surface area contributed by atoms with Crippen LogP contribution in [0.1, 0.15) is 6.92 Å². The highest BCUT2D eigenvalue weighted by atomic mass is 35.5. The first kappa shape index (κ1) is 23.8. The third-order valence-corrected chi connectivity index (χ3v) is 5.87. The number of aliphatic hydroxyl groups is 1. The number of piperazine rings is 1. The van der Waals surface area contributed by atoms with Crippen molar-refractivity contribution in [2.45, 2.75) is 19.1 Å². The van der Waals surface area contributed by atoms with Crippen molar-refractivity contribution in [3.8, 4) is 5.75 Å². The van der Waals surface area contributed by atoms with Gasteiger partial charge in [0.2, 0.25) is 5.91 Å². The van der Waals surface area contributed by atoms with Crippen molar-refractivity contribution in [3.05, 3.63) is 58.3 Å². The van der Waals surface area contributed by atoms with E-state index in [1.165, 1.54) is 12.1 Å². The Labute approximate surface area is 191 Å². The second-order valence-corrected chi connectivity index (χ2v) is 8.47. The van der Waals surface area contributed by atoms with Crippen LogP contribution in [0, 0.1) is 5.82 Å². The number of nitrogens with zero attached hydrogens (tertiary/aromatic N) is 2. The van der Waals surface area contributed by atoms with Gasteiger partial charge in [0.1, 0.15) is 12.7 Å². The molecular formula is C22H26Cl2FN3O3. The van der Waals surface area contributed by atoms with Gasteiger partial charge in [0, 0.05) is 37.9 Å². The lowest BCUT2D eigenvalue weighted by atomic mass is 10.1. The van der Waals surface area contributed by atoms with Gasteiger partial charge in [-0.1, -0.05) is 35.3 Å². The molecule has 3 rings (SSSR count). The van der Waals surface area contributed by atoms with Gasteiger partial charge >= 0.3 is 0 Å². The molecule has 0 spiro atoms. The molecule has 1 aliphatic heterocycles. The molecule has 0 aromatic heterocycles. The van der Waals surface area contributed by atoms with Gasteiger partial charge in [0.15, 0.2) is 11.6 Å². The maximum absolute atomic E-state index is 13.6. The lowest BCUT2D eigenvalue weighted by molar-refractivity contribution is -0.118. The predicted octanol–water partition coefficient (Wildman–Crippen LogP) is 3.52. The van der Waals surface area contributed by atoms with Crippen LogP contribution in [0.4, 0.5) is 10.1 Å². The molecule has 2 unspecified atom stereocenters. The van der Waals surface area contributed by atoms with Gasteiger partial charge in [0.05, 0.1) is 16.6 Å². The molecule has 1 fully saturated rings. The molecule has 0 radical (unpaired) electrons. The van der Waals surface area contributed by atoms with Gasteiger partial charge in [-0.25, -0.2) is 4.39 Å². The van der Waals surface area contributed by atoms with E-state index in [0.29, 0.717) is 41.9 Å². The number of benzene rings is 2. The highest BCUT2D eigenvalue weighted by Gasteiger charge is 2.26. The van der Waals surface area contributed by atoms with Crippen molar-refractivity contribution in [1.29, 1.82) is 0 Å². The van der Waals surface area contributed by atoms with Gasteiger partial charge in [-0.15, -0.1) is 0 Å². The van der Waals surface area contributed by atoms with Crippen LogP contribution in [0.25, 0.3) is 0 Å². The number of aliphatic hydroxyl groups excluding tert-OH is 1. The Morgan fingerprint density at radius 1 is 1.26 bits per heavy atom. The molecule has 1 saturated heterocycles. The van der Waals surface area contributed by atoms with E-state index in [1.807, 2.05) is 6.92 Å². The van der Waals surface area contributed by atoms with E-state index in [0.717, 1.165) is 0 Å². The van der Waals surface area contributed by atoms with Crippen LogP contribution in [-0.4, -0.2) is 72.3 Å². The van der Waals surface area contributed by atoms with Gasteiger partial charge in [-0.3, -0.25) is 14.6 Å². The number of hydrogen-bond acceptors (Lipinski definition) is 5. The highest BCUT2D eigenvalue weighted by Crippen LogP contribution is 2.25. The third-order valence-electron chi connectivity index (χ3n) is 5.13. The lowest BCUT2D eigenvalue weighted by Crippen LogP contribution is -2.55. The molecular weight excluding hydrogens is 444 g/mol. The Morgan fingerprint density at radius 3 is 2.74 bits per heavy atom. The summed E-state index contributed by atoms with van der Waals surface area (Å²) in [5.41, 5.74) is 0.601. The van der Waals surface area contributed by atoms with Gasteiger partial charge in [0.25, 0.3) is 0 Å². The summed E-state index contributed by atoms with van der Waals surface area (Å²) in [6.45, 7) is 4.83. The molecule has 168 valence electrons. The van der Waals surface area contributed by atoms with Crippen LogP contribution in [0.3, 0.4) is 0 Å². The number of β-amino-alcohol motifs (C(OH)–C–C–N with tert-alkyl or cyclic N) is 1. The van der Waals surface area contributed by atoms with E-state index in [-0.39, 0.29) is 30.9 Å². The normalized spacial score (nSPS) is 18.5. The van der Waals surface area contributed by atoms with Gasteiger partial charge in [-0.05, 0) is 37.3 Å². The first-order valence-electron chi connectivity index (χ1n) is 10.1. The molecule has 2 aromatic rings. The number of para-hydroxylation sites is 1. The molecule has 2 aromatic carbocycles. The molecule has 1 amide bonds. The standard InChI is InChI=1S/C22H26Cl2FN3O3/c1-15-11-27(13-22(30)26-16-6-7-18(23)19(24)10-16)8-9-28(15)12-17(29)14-31-21-5-3-2-4-20(21)25/h2-7,10,15,17,29H,8-9,11-14H2,1H3,(H,26,30). The zero-order chi connectivity index (χ0) is 22.4. The van der Waals surface area contributed by atoms with Crippen LogP contribution >= 0.6 is 23.2 Å². The number of anilines is 1. The Morgan fingerprint density at radius 2 is 2.03 bits per heavy atom. The number of carbonyl (C=O) groups excluding carboxylic acids is 1. The van der Waals surface area contributed by atoms with Crippen molar-refractivity contribution >= 4 is 34.8 Å². The summed E-state index contributed by atoms with van der Waals surface area (Å²) >= 11 is 11.9. The number of amides is 1. The number of nitrogens with one attached hydrogen (secondary N) is 1. The second kappa shape index (κ2) is 11.1. The van der Waals surface area contributed by atoms with Gasteiger partial charge < -0.3 is 15.2 Å². The smallest absolute Gasteiger partial charge is 0.238 e. The lowest BCUT2D eigenvalue weighted by Gasteiger charge is -2.40. The fourth-order valence-corrected chi connectivity index (χ4v) is 3.83. The Bertz CT molecular complexity index is 902. The van der Waals surface area contributed by atoms with Crippen molar-refractivity contribution in [3.63, 3.8) is 0 Å². The molecule has 0 aliphatic carbocycles. The van der Waals surface area contributed by atoms with E-state index in [4.69, 9.17) is 27.9 Å². The number of halogens is 3. The van der Waals surface area contributed by atoms with Crippen molar-refractivity contribution < 1.29 is 19.0 Å². The SMILES string of the molecule is CC1CN(CC(=O)Nc2ccc(Cl)c(Cl)c2)CCN1CC(O)COc1ccccc1F. The molecule has 2 atom stereocenters. The van der Waals surface area contributed by atoms with Crippen molar-refractivity contribution in [2.24, 2.45) is 0 Å². The van der Waals surface area contributed by atoms with Gasteiger partial charge in [-0.2, -0.15) is 0 Å². The Balaban J connectivity index is 1.41. The van der Waals surface area contributed by atoms with E-state index in [1.54, 1.807) is 30.3 Å². The molecule has 9 heteroatoms. The maximum Gasteiger partial charge on any atom is 0.238 e. The van der Waals surface area contributed by atoms with Crippen LogP contribution in [0.5, 0.6) is 5.75 Å². The van der Waals surface area contributed by atoms with Crippen molar-refractivity contribution in [1.82, 2.24) is 9.80 Å². The minimum absolute atomic E-state index is 0.0138. The summed E-state index contributed by atoms with van der Waals surface area (Å²) in [6.07, 6.45) is -0.744. The minimum atomic E-state index is -0.744. The van der Waals surface area contributed by atoms with E-state index >= 15 is 0 Å². The third kappa shape index (κ3) is 7.05. The number of ether oxygens (including phenoxy) is 1. The maximum atomic E-state index is 13.6. The average molecular weight is 470 g/mol. The fourth-order valence-electron chi connectivity index (χ4n) is 3.53. The molecule has 31 heavy (non-hydrogen) atoms. The van der Waals surface area contributed by atoms with E-state index in [9.17, 15) is 14.3 Å². The zero-order valence-corrected chi connectivity index (χ0v) is 18.7. The molecule has 2 N–H and O–H groups in total. The van der Waals surface area contributed by atoms with E-state index < -0.39 is 11.9 Å². The molecule has 0 saturated carbocycles. The molecule has 1 aliphatic rings. The summed E-state index contributed by atoms with van der Waals surface area (Å²) in [4.78, 5) is 16.6. The zero-order valence-electron chi connectivity index (χ0n) is 17.2. The minimum Gasteiger partial charge on any atom is -0.488 e. The van der Waals surface area contributed by atoms with Crippen LogP contribution in [-0.2, 0) is 4.79 Å². The fraction of sp³-hybridized carbons (Fsp3) is 0.409. The summed E-state index contributed by atoms with van der Waals surface area (Å²) < 4.78 is 19.0. The van der Waals surface area contributed by atoms with Crippen molar-refractivity contribution in [2.75, 3.05) is 44.6 Å². The summed E-state index contributed by atoms with van der Waals surface area (Å²) in [7, 11) is 0. The highest BCUT2D eigenvalue weighted by molar-refractivity contribution is 6.42. The number of hydrogen-bond donors (Lipinski definition) is 2. The monoisotopic (exact) mass is 469 g/mol. The first-order valence-corrected chi connectivity index (χ1v) is 10.8. The first-order chi connectivity index (χ1) is 14.8. The molecule has 0 bridgehead atoms.